The Hall–Kier alpha value is -3.35. The first-order valence-corrected chi connectivity index (χ1v) is 12.3. The van der Waals surface area contributed by atoms with Gasteiger partial charge in [0.2, 0.25) is 11.6 Å². The maximum Gasteiger partial charge on any atom is 0.337 e. The van der Waals surface area contributed by atoms with Crippen molar-refractivity contribution in [3.05, 3.63) is 65.4 Å². The number of benzene rings is 1. The van der Waals surface area contributed by atoms with Gasteiger partial charge in [0.1, 0.15) is 5.82 Å². The summed E-state index contributed by atoms with van der Waals surface area (Å²) in [5.74, 6) is 0.459. The van der Waals surface area contributed by atoms with Crippen LogP contribution in [0.2, 0.25) is 0 Å². The van der Waals surface area contributed by atoms with Gasteiger partial charge in [0, 0.05) is 24.1 Å². The lowest BCUT2D eigenvalue weighted by atomic mass is 9.86. The zero-order valence-corrected chi connectivity index (χ0v) is 19.7. The Morgan fingerprint density at radius 1 is 1.12 bits per heavy atom. The lowest BCUT2D eigenvalue weighted by Crippen LogP contribution is -2.13. The smallest absolute Gasteiger partial charge is 0.337 e. The van der Waals surface area contributed by atoms with Crippen LogP contribution in [0.4, 0.5) is 0 Å². The predicted molar refractivity (Wildman–Crippen MR) is 130 cm³/mol. The number of ketones is 1. The number of rotatable bonds is 10. The molecule has 1 aromatic carbocycles. The number of carboxylic acid groups (broad SMARTS) is 1. The van der Waals surface area contributed by atoms with Gasteiger partial charge in [-0.3, -0.25) is 14.9 Å². The molecule has 1 aliphatic rings. The summed E-state index contributed by atoms with van der Waals surface area (Å²) >= 11 is 0. The highest BCUT2D eigenvalue weighted by atomic mass is 16.4. The van der Waals surface area contributed by atoms with E-state index < -0.39 is 5.97 Å². The van der Waals surface area contributed by atoms with Crippen molar-refractivity contribution in [1.29, 1.82) is 0 Å². The molecule has 1 atom stereocenters. The first-order valence-electron chi connectivity index (χ1n) is 12.3. The Morgan fingerprint density at radius 2 is 1.88 bits per heavy atom. The van der Waals surface area contributed by atoms with E-state index in [1.54, 1.807) is 18.3 Å². The van der Waals surface area contributed by atoms with Crippen LogP contribution < -0.4 is 0 Å². The van der Waals surface area contributed by atoms with Crippen LogP contribution in [0.15, 0.2) is 42.6 Å². The Bertz CT molecular complexity index is 1120. The Morgan fingerprint density at radius 3 is 2.59 bits per heavy atom. The fraction of sp³-hybridized carbons (Fsp3) is 0.444. The van der Waals surface area contributed by atoms with E-state index in [-0.39, 0.29) is 17.3 Å². The maximum absolute atomic E-state index is 12.8. The molecule has 7 nitrogen and oxygen atoms in total. The number of H-pyrrole nitrogens is 1. The summed E-state index contributed by atoms with van der Waals surface area (Å²) in [5.41, 5.74) is 2.42. The highest BCUT2D eigenvalue weighted by Crippen LogP contribution is 2.31. The van der Waals surface area contributed by atoms with Crippen molar-refractivity contribution in [1.82, 2.24) is 20.2 Å². The predicted octanol–water partition coefficient (Wildman–Crippen LogP) is 6.04. The van der Waals surface area contributed by atoms with Crippen molar-refractivity contribution < 1.29 is 14.7 Å². The summed E-state index contributed by atoms with van der Waals surface area (Å²) in [6.07, 6.45) is 11.0. The van der Waals surface area contributed by atoms with E-state index in [0.29, 0.717) is 29.7 Å². The van der Waals surface area contributed by atoms with Crippen LogP contribution in [0.25, 0.3) is 11.3 Å². The fourth-order valence-corrected chi connectivity index (χ4v) is 4.85. The minimum atomic E-state index is -1.000. The third-order valence-electron chi connectivity index (χ3n) is 6.75. The number of Topliss-reactive ketones (excluding diaryl/α,β-unsaturated/α-hetero) is 1. The number of carboxylic acids is 1. The van der Waals surface area contributed by atoms with Crippen LogP contribution >= 0.6 is 0 Å². The molecule has 1 fully saturated rings. The zero-order chi connectivity index (χ0) is 23.9. The number of aromatic nitrogens is 4. The molecule has 0 bridgehead atoms. The largest absolute Gasteiger partial charge is 0.478 e. The number of unbranched alkanes of at least 4 members (excludes halogenated alkanes) is 1. The quantitative estimate of drug-likeness (QED) is 0.357. The summed E-state index contributed by atoms with van der Waals surface area (Å²) < 4.78 is 0. The average molecular weight is 461 g/mol. The number of aromatic carboxylic acids is 1. The number of pyridine rings is 1. The normalized spacial score (nSPS) is 15.2. The number of nitrogens with zero attached hydrogens (tertiary/aromatic N) is 3. The first-order chi connectivity index (χ1) is 16.6. The van der Waals surface area contributed by atoms with Crippen molar-refractivity contribution in [2.75, 3.05) is 0 Å². The average Bonchev–Trinajstić information content (AvgIpc) is 3.35. The van der Waals surface area contributed by atoms with E-state index in [1.807, 2.05) is 24.3 Å². The second kappa shape index (κ2) is 11.2. The molecule has 178 valence electrons. The second-order valence-electron chi connectivity index (χ2n) is 9.20. The maximum atomic E-state index is 12.8. The topological polar surface area (TPSA) is 109 Å². The van der Waals surface area contributed by atoms with E-state index >= 15 is 0 Å². The monoisotopic (exact) mass is 460 g/mol. The van der Waals surface area contributed by atoms with E-state index in [4.69, 9.17) is 0 Å². The van der Waals surface area contributed by atoms with Gasteiger partial charge in [0.05, 0.1) is 11.3 Å². The molecule has 1 saturated carbocycles. The molecule has 0 radical (unpaired) electrons. The van der Waals surface area contributed by atoms with Crippen LogP contribution in [0.3, 0.4) is 0 Å². The molecule has 1 unspecified atom stereocenters. The van der Waals surface area contributed by atoms with Crippen molar-refractivity contribution >= 4 is 11.8 Å². The van der Waals surface area contributed by atoms with Crippen LogP contribution in [0.1, 0.15) is 103 Å². The van der Waals surface area contributed by atoms with Gasteiger partial charge < -0.3 is 5.11 Å². The molecule has 0 spiro atoms. The molecule has 2 heterocycles. The molecule has 0 amide bonds. The lowest BCUT2D eigenvalue weighted by Gasteiger charge is -2.19. The van der Waals surface area contributed by atoms with E-state index in [1.165, 1.54) is 19.3 Å². The molecular weight excluding hydrogens is 428 g/mol. The molecule has 3 aromatic rings. The number of nitrogens with one attached hydrogen (secondary N) is 1. The fourth-order valence-electron chi connectivity index (χ4n) is 4.85. The SMILES string of the molecule is CCCCC(c1ccc(-c2ncccc2C(=O)O)cc1)c1nc(C(=O)CC2CCCCC2)n[nH]1. The van der Waals surface area contributed by atoms with Crippen molar-refractivity contribution in [2.45, 2.75) is 70.6 Å². The zero-order valence-electron chi connectivity index (χ0n) is 19.7. The molecule has 0 saturated heterocycles. The van der Waals surface area contributed by atoms with Gasteiger partial charge in [0.15, 0.2) is 0 Å². The van der Waals surface area contributed by atoms with Gasteiger partial charge in [-0.1, -0.05) is 76.1 Å². The van der Waals surface area contributed by atoms with E-state index in [2.05, 4.69) is 27.1 Å². The molecule has 2 aromatic heterocycles. The number of carbonyl (C=O) groups is 2. The van der Waals surface area contributed by atoms with Crippen molar-refractivity contribution in [3.63, 3.8) is 0 Å². The summed E-state index contributed by atoms with van der Waals surface area (Å²) in [5, 5.41) is 16.8. The third kappa shape index (κ3) is 5.58. The van der Waals surface area contributed by atoms with Gasteiger partial charge in [-0.15, -0.1) is 0 Å². The second-order valence-corrected chi connectivity index (χ2v) is 9.20. The molecule has 7 heteroatoms. The lowest BCUT2D eigenvalue weighted by molar-refractivity contribution is 0.0697. The summed E-state index contributed by atoms with van der Waals surface area (Å²) in [6, 6.07) is 11.0. The van der Waals surface area contributed by atoms with Gasteiger partial charge in [0.25, 0.3) is 0 Å². The number of carbonyl (C=O) groups excluding carboxylic acids is 1. The molecular formula is C27H32N4O3. The number of hydrogen-bond donors (Lipinski definition) is 2. The van der Waals surface area contributed by atoms with Gasteiger partial charge in [-0.2, -0.15) is 5.10 Å². The molecule has 34 heavy (non-hydrogen) atoms. The van der Waals surface area contributed by atoms with Gasteiger partial charge in [-0.25, -0.2) is 9.78 Å². The summed E-state index contributed by atoms with van der Waals surface area (Å²) in [6.45, 7) is 2.15. The van der Waals surface area contributed by atoms with Crippen molar-refractivity contribution in [3.8, 4) is 11.3 Å². The standard InChI is InChI=1S/C27H32N4O3/c1-2-3-10-21(25-29-26(31-30-25)23(32)17-18-8-5-4-6-9-18)19-12-14-20(15-13-19)24-22(27(33)34)11-7-16-28-24/h7,11-16,18,21H,2-6,8-10,17H2,1H3,(H,33,34)(H,29,30,31). The van der Waals surface area contributed by atoms with Crippen LogP contribution in [0, 0.1) is 5.92 Å². The minimum Gasteiger partial charge on any atom is -0.478 e. The molecule has 1 aliphatic carbocycles. The Kier molecular flexibility index (Phi) is 7.83. The third-order valence-corrected chi connectivity index (χ3v) is 6.75. The summed E-state index contributed by atoms with van der Waals surface area (Å²) in [7, 11) is 0. The first kappa shape index (κ1) is 23.8. The van der Waals surface area contributed by atoms with Crippen LogP contribution in [-0.4, -0.2) is 37.0 Å². The molecule has 2 N–H and O–H groups in total. The van der Waals surface area contributed by atoms with Crippen LogP contribution in [-0.2, 0) is 0 Å². The number of hydrogen-bond acceptors (Lipinski definition) is 5. The van der Waals surface area contributed by atoms with E-state index in [9.17, 15) is 14.7 Å². The summed E-state index contributed by atoms with van der Waals surface area (Å²) in [4.78, 5) is 33.3. The highest BCUT2D eigenvalue weighted by Gasteiger charge is 2.24. The highest BCUT2D eigenvalue weighted by molar-refractivity contribution is 5.94. The van der Waals surface area contributed by atoms with Crippen LogP contribution in [0.5, 0.6) is 0 Å². The Labute approximate surface area is 200 Å². The molecule has 0 aliphatic heterocycles. The number of aromatic amines is 1. The van der Waals surface area contributed by atoms with Gasteiger partial charge in [-0.05, 0) is 30.0 Å². The van der Waals surface area contributed by atoms with Gasteiger partial charge >= 0.3 is 5.97 Å². The van der Waals surface area contributed by atoms with E-state index in [0.717, 1.165) is 43.2 Å². The minimum absolute atomic E-state index is 0.0135. The molecule has 4 rings (SSSR count). The van der Waals surface area contributed by atoms with Crippen molar-refractivity contribution in [2.24, 2.45) is 5.92 Å². The Balaban J connectivity index is 1.54.